The van der Waals surface area contributed by atoms with Gasteiger partial charge in [-0.1, -0.05) is 19.4 Å². The molecule has 3 rings (SSSR count). The van der Waals surface area contributed by atoms with E-state index in [0.29, 0.717) is 11.3 Å². The zero-order valence-electron chi connectivity index (χ0n) is 18.7. The third-order valence-corrected chi connectivity index (χ3v) is 5.00. The molecule has 34 heavy (non-hydrogen) atoms. The highest BCUT2D eigenvalue weighted by Gasteiger charge is 2.30. The highest BCUT2D eigenvalue weighted by atomic mass is 19.4. The number of azo groups is 1. The second-order valence-electron chi connectivity index (χ2n) is 7.54. The molecule has 0 aliphatic carbocycles. The molecule has 0 fully saturated rings. The van der Waals surface area contributed by atoms with Crippen LogP contribution in [0.2, 0.25) is 0 Å². The van der Waals surface area contributed by atoms with Gasteiger partial charge in [0.1, 0.15) is 17.6 Å². The van der Waals surface area contributed by atoms with E-state index in [1.165, 1.54) is 12.1 Å². The van der Waals surface area contributed by atoms with Gasteiger partial charge in [-0.15, -0.1) is 5.11 Å². The third-order valence-electron chi connectivity index (χ3n) is 5.00. The van der Waals surface area contributed by atoms with E-state index < -0.39 is 11.7 Å². The summed E-state index contributed by atoms with van der Waals surface area (Å²) in [6.07, 6.45) is -2.34. The number of nitrogens with zero attached hydrogens (tertiary/aromatic N) is 4. The summed E-state index contributed by atoms with van der Waals surface area (Å²) in [5.41, 5.74) is 7.51. The number of halogens is 3. The molecule has 1 heterocycles. The van der Waals surface area contributed by atoms with Crippen LogP contribution in [0.5, 0.6) is 0 Å². The quantitative estimate of drug-likeness (QED) is 0.239. The van der Waals surface area contributed by atoms with Crippen LogP contribution in [0, 0.1) is 18.3 Å². The molecule has 0 saturated carbocycles. The average Bonchev–Trinajstić information content (AvgIpc) is 2.80. The fourth-order valence-electron chi connectivity index (χ4n) is 3.14. The smallest absolute Gasteiger partial charge is 0.385 e. The van der Waals surface area contributed by atoms with Crippen molar-refractivity contribution in [2.24, 2.45) is 10.2 Å². The van der Waals surface area contributed by atoms with E-state index in [2.05, 4.69) is 32.8 Å². The van der Waals surface area contributed by atoms with Crippen LogP contribution >= 0.6 is 0 Å². The number of alkyl halides is 3. The number of anilines is 4. The van der Waals surface area contributed by atoms with Crippen LogP contribution in [-0.4, -0.2) is 11.5 Å². The Morgan fingerprint density at radius 3 is 2.44 bits per heavy atom. The minimum atomic E-state index is -4.50. The van der Waals surface area contributed by atoms with Crippen LogP contribution in [0.3, 0.4) is 0 Å². The van der Waals surface area contributed by atoms with Gasteiger partial charge in [0, 0.05) is 23.5 Å². The van der Waals surface area contributed by atoms with Crippen molar-refractivity contribution in [2.75, 3.05) is 22.9 Å². The topological polar surface area (TPSA) is 111 Å². The van der Waals surface area contributed by atoms with Crippen LogP contribution < -0.4 is 16.4 Å². The predicted molar refractivity (Wildman–Crippen MR) is 127 cm³/mol. The van der Waals surface area contributed by atoms with Crippen molar-refractivity contribution in [1.82, 2.24) is 4.98 Å². The van der Waals surface area contributed by atoms with Crippen LogP contribution in [0.1, 0.15) is 36.5 Å². The van der Waals surface area contributed by atoms with Crippen molar-refractivity contribution in [3.63, 3.8) is 0 Å². The van der Waals surface area contributed by atoms with Gasteiger partial charge in [0.25, 0.3) is 0 Å². The first-order valence-corrected chi connectivity index (χ1v) is 10.6. The van der Waals surface area contributed by atoms with Crippen molar-refractivity contribution in [2.45, 2.75) is 32.9 Å². The van der Waals surface area contributed by atoms with Crippen molar-refractivity contribution >= 4 is 34.4 Å². The molecular formula is C24H24F3N7. The monoisotopic (exact) mass is 467 g/mol. The predicted octanol–water partition coefficient (Wildman–Crippen LogP) is 7.23. The maximum Gasteiger partial charge on any atom is 0.416 e. The molecule has 1 aromatic heterocycles. The van der Waals surface area contributed by atoms with Gasteiger partial charge in [-0.05, 0) is 55.8 Å². The van der Waals surface area contributed by atoms with Gasteiger partial charge in [0.05, 0.1) is 16.8 Å². The Morgan fingerprint density at radius 1 is 1.09 bits per heavy atom. The zero-order chi connectivity index (χ0) is 24.7. The van der Waals surface area contributed by atoms with Crippen LogP contribution in [0.25, 0.3) is 0 Å². The maximum absolute atomic E-state index is 13.0. The first kappa shape index (κ1) is 24.5. The summed E-state index contributed by atoms with van der Waals surface area (Å²) in [7, 11) is 0. The first-order valence-electron chi connectivity index (χ1n) is 10.6. The summed E-state index contributed by atoms with van der Waals surface area (Å²) < 4.78 is 39.0. The number of rotatable bonds is 8. The molecular weight excluding hydrogens is 443 g/mol. The first-order chi connectivity index (χ1) is 16.2. The number of unbranched alkanes of at least 4 members (excludes halogenated alkanes) is 1. The van der Waals surface area contributed by atoms with Gasteiger partial charge in [-0.25, -0.2) is 4.98 Å². The molecule has 4 N–H and O–H groups in total. The molecule has 0 unspecified atom stereocenters. The Balaban J connectivity index is 1.93. The minimum Gasteiger partial charge on any atom is -0.385 e. The standard InChI is InChI=1S/C24H24F3N7/c1-3-4-12-30-17-8-10-18(11-9-17)31-23-21(15(2)20(14-28)22(29)32-23)34-33-19-7-5-6-16(13-19)24(25,26)27/h5-11,13,30H,3-4,12H2,1-2H3,(H3,29,31,32)/b34-33+. The minimum absolute atomic E-state index is 0.0121. The van der Waals surface area contributed by atoms with E-state index in [1.807, 2.05) is 30.3 Å². The number of hydrogen-bond donors (Lipinski definition) is 3. The maximum atomic E-state index is 13.0. The molecule has 176 valence electrons. The molecule has 10 heteroatoms. The van der Waals surface area contributed by atoms with E-state index in [0.717, 1.165) is 37.2 Å². The van der Waals surface area contributed by atoms with E-state index >= 15 is 0 Å². The fourth-order valence-corrected chi connectivity index (χ4v) is 3.14. The lowest BCUT2D eigenvalue weighted by molar-refractivity contribution is -0.137. The highest BCUT2D eigenvalue weighted by Crippen LogP contribution is 2.36. The molecule has 0 aliphatic rings. The largest absolute Gasteiger partial charge is 0.416 e. The highest BCUT2D eigenvalue weighted by molar-refractivity contribution is 5.77. The lowest BCUT2D eigenvalue weighted by atomic mass is 10.1. The average molecular weight is 467 g/mol. The molecule has 0 aliphatic heterocycles. The molecule has 7 nitrogen and oxygen atoms in total. The van der Waals surface area contributed by atoms with Gasteiger partial charge >= 0.3 is 6.18 Å². The van der Waals surface area contributed by atoms with Gasteiger partial charge < -0.3 is 16.4 Å². The van der Waals surface area contributed by atoms with E-state index in [9.17, 15) is 18.4 Å². The van der Waals surface area contributed by atoms with Gasteiger partial charge in [-0.3, -0.25) is 0 Å². The number of nitrogens with one attached hydrogen (secondary N) is 2. The Hall–Kier alpha value is -4.13. The molecule has 0 amide bonds. The number of aromatic nitrogens is 1. The molecule has 0 saturated heterocycles. The SMILES string of the molecule is CCCCNc1ccc(Nc2nc(N)c(C#N)c(C)c2/N=N/c2cccc(C(F)(F)F)c2)cc1. The molecule has 0 radical (unpaired) electrons. The van der Waals surface area contributed by atoms with E-state index in [4.69, 9.17) is 5.73 Å². The zero-order valence-corrected chi connectivity index (χ0v) is 18.7. The van der Waals surface area contributed by atoms with Gasteiger partial charge in [-0.2, -0.15) is 23.5 Å². The summed E-state index contributed by atoms with van der Waals surface area (Å²) in [6.45, 7) is 4.62. The molecule has 0 spiro atoms. The van der Waals surface area contributed by atoms with Gasteiger partial charge in [0.15, 0.2) is 5.82 Å². The number of nitrogen functional groups attached to an aromatic ring is 1. The number of nitriles is 1. The van der Waals surface area contributed by atoms with Crippen molar-refractivity contribution in [3.05, 3.63) is 65.2 Å². The van der Waals surface area contributed by atoms with Crippen LogP contribution in [0.15, 0.2) is 58.8 Å². The second kappa shape index (κ2) is 10.7. The normalized spacial score (nSPS) is 11.4. The lowest BCUT2D eigenvalue weighted by Crippen LogP contribution is -2.04. The summed E-state index contributed by atoms with van der Waals surface area (Å²) in [5, 5.41) is 24.0. The third kappa shape index (κ3) is 6.01. The summed E-state index contributed by atoms with van der Waals surface area (Å²) in [6, 6.07) is 14.0. The second-order valence-corrected chi connectivity index (χ2v) is 7.54. The molecule has 0 bridgehead atoms. The molecule has 3 aromatic rings. The van der Waals surface area contributed by atoms with Crippen LogP contribution in [0.4, 0.5) is 47.6 Å². The number of benzene rings is 2. The number of hydrogen-bond acceptors (Lipinski definition) is 7. The summed E-state index contributed by atoms with van der Waals surface area (Å²) >= 11 is 0. The summed E-state index contributed by atoms with van der Waals surface area (Å²) in [5.74, 6) is 0.245. The fraction of sp³-hybridized carbons (Fsp3) is 0.250. The van der Waals surface area contributed by atoms with Crippen molar-refractivity contribution in [3.8, 4) is 6.07 Å². The Morgan fingerprint density at radius 2 is 1.79 bits per heavy atom. The lowest BCUT2D eigenvalue weighted by Gasteiger charge is -2.13. The molecule has 0 atom stereocenters. The molecule has 2 aromatic carbocycles. The van der Waals surface area contributed by atoms with Gasteiger partial charge in [0.2, 0.25) is 0 Å². The Bertz CT molecular complexity index is 1210. The summed E-state index contributed by atoms with van der Waals surface area (Å²) in [4.78, 5) is 4.25. The Kier molecular flexibility index (Phi) is 7.68. The van der Waals surface area contributed by atoms with E-state index in [-0.39, 0.29) is 28.6 Å². The van der Waals surface area contributed by atoms with Crippen molar-refractivity contribution in [1.29, 1.82) is 5.26 Å². The van der Waals surface area contributed by atoms with Crippen molar-refractivity contribution < 1.29 is 13.2 Å². The number of nitrogens with two attached hydrogens (primary N) is 1. The van der Waals surface area contributed by atoms with Crippen LogP contribution in [-0.2, 0) is 6.18 Å². The number of pyridine rings is 1. The van der Waals surface area contributed by atoms with E-state index in [1.54, 1.807) is 6.92 Å². The Labute approximate surface area is 195 Å².